The van der Waals surface area contributed by atoms with Gasteiger partial charge in [-0.1, -0.05) is 72.3 Å². The Morgan fingerprint density at radius 2 is 1.76 bits per heavy atom. The molecule has 5 rings (SSSR count). The lowest BCUT2D eigenvalue weighted by Crippen LogP contribution is -2.28. The number of amides is 1. The molecule has 46 heavy (non-hydrogen) atoms. The van der Waals surface area contributed by atoms with E-state index in [1.54, 1.807) is 0 Å². The first kappa shape index (κ1) is 33.8. The van der Waals surface area contributed by atoms with E-state index < -0.39 is 10.1 Å². The molecule has 7 nitrogen and oxygen atoms in total. The fraction of sp³-hybridized carbons (Fsp3) is 0.351. The molecule has 2 aliphatic heterocycles. The van der Waals surface area contributed by atoms with Gasteiger partial charge in [0.05, 0.1) is 16.5 Å². The maximum absolute atomic E-state index is 12.0. The average Bonchev–Trinajstić information content (AvgIpc) is 3.36. The third-order valence-electron chi connectivity index (χ3n) is 9.13. The molecule has 2 aliphatic rings. The number of rotatable bonds is 11. The summed E-state index contributed by atoms with van der Waals surface area (Å²) in [5.74, 6) is -0.316. The maximum atomic E-state index is 12.0. The SMILES string of the molecule is CCN1/C(=C/C=C/C=C/C2=[N+](CCCCS(=O)(=O)O)c3ccc4ccccc4c3C2(C)C)C(C)(C)c2cc(NC(=O)CBr)ccc21. The largest absolute Gasteiger partial charge is 0.344 e. The highest BCUT2D eigenvalue weighted by atomic mass is 79.9. The van der Waals surface area contributed by atoms with Crippen molar-refractivity contribution in [3.8, 4) is 0 Å². The first-order chi connectivity index (χ1) is 21.8. The molecule has 0 aliphatic carbocycles. The Balaban J connectivity index is 1.44. The van der Waals surface area contributed by atoms with Crippen LogP contribution in [0, 0.1) is 0 Å². The van der Waals surface area contributed by atoms with Gasteiger partial charge in [0.15, 0.2) is 5.71 Å². The number of fused-ring (bicyclic) bond motifs is 4. The Labute approximate surface area is 281 Å². The van der Waals surface area contributed by atoms with Crippen LogP contribution in [0.25, 0.3) is 10.8 Å². The number of carbonyl (C=O) groups is 1. The van der Waals surface area contributed by atoms with Gasteiger partial charge in [-0.3, -0.25) is 9.35 Å². The van der Waals surface area contributed by atoms with Crippen molar-refractivity contribution in [1.29, 1.82) is 0 Å². The van der Waals surface area contributed by atoms with Gasteiger partial charge < -0.3 is 10.2 Å². The second kappa shape index (κ2) is 13.3. The number of hydrogen-bond acceptors (Lipinski definition) is 4. The number of anilines is 2. The molecule has 2 N–H and O–H groups in total. The van der Waals surface area contributed by atoms with Crippen LogP contribution in [0.4, 0.5) is 17.1 Å². The van der Waals surface area contributed by atoms with Gasteiger partial charge in [0.25, 0.3) is 10.1 Å². The highest BCUT2D eigenvalue weighted by Crippen LogP contribution is 2.48. The number of nitrogens with one attached hydrogen (secondary N) is 1. The van der Waals surface area contributed by atoms with Crippen LogP contribution in [0.15, 0.2) is 90.7 Å². The van der Waals surface area contributed by atoms with Crippen LogP contribution in [-0.4, -0.2) is 53.3 Å². The molecule has 242 valence electrons. The monoisotopic (exact) mass is 704 g/mol. The van der Waals surface area contributed by atoms with Crippen LogP contribution >= 0.6 is 15.9 Å². The van der Waals surface area contributed by atoms with Crippen LogP contribution in [0.1, 0.15) is 58.6 Å². The predicted octanol–water partition coefficient (Wildman–Crippen LogP) is 8.03. The van der Waals surface area contributed by atoms with Gasteiger partial charge in [0.2, 0.25) is 11.6 Å². The Bertz CT molecular complexity index is 1900. The minimum Gasteiger partial charge on any atom is -0.344 e. The van der Waals surface area contributed by atoms with E-state index in [9.17, 15) is 17.8 Å². The van der Waals surface area contributed by atoms with Crippen molar-refractivity contribution >= 4 is 65.5 Å². The van der Waals surface area contributed by atoms with Crippen molar-refractivity contribution in [2.24, 2.45) is 0 Å². The summed E-state index contributed by atoms with van der Waals surface area (Å²) in [5.41, 5.74) is 7.32. The minimum absolute atomic E-state index is 0.0788. The average molecular weight is 706 g/mol. The Morgan fingerprint density at radius 1 is 1.00 bits per heavy atom. The lowest BCUT2D eigenvalue weighted by atomic mass is 9.79. The van der Waals surface area contributed by atoms with Crippen LogP contribution in [0.5, 0.6) is 0 Å². The number of alkyl halides is 1. The normalized spacial score (nSPS) is 17.9. The molecule has 0 aromatic heterocycles. The molecule has 0 fully saturated rings. The van der Waals surface area contributed by atoms with Gasteiger partial charge in [0, 0.05) is 53.2 Å². The van der Waals surface area contributed by atoms with Crippen LogP contribution in [0.2, 0.25) is 0 Å². The molecule has 3 aromatic carbocycles. The molecule has 0 saturated heterocycles. The maximum Gasteiger partial charge on any atom is 0.264 e. The first-order valence-electron chi connectivity index (χ1n) is 15.8. The molecule has 0 bridgehead atoms. The van der Waals surface area contributed by atoms with Crippen LogP contribution in [-0.2, 0) is 25.7 Å². The van der Waals surface area contributed by atoms with E-state index in [0.717, 1.165) is 29.3 Å². The number of likely N-dealkylation sites (N-methyl/N-ethyl adjacent to an activating group) is 1. The van der Waals surface area contributed by atoms with Crippen LogP contribution < -0.4 is 10.2 Å². The minimum atomic E-state index is -3.99. The molecule has 0 unspecified atom stereocenters. The first-order valence-corrected chi connectivity index (χ1v) is 18.5. The van der Waals surface area contributed by atoms with E-state index in [1.807, 2.05) is 6.07 Å². The number of halogens is 1. The number of nitrogens with zero attached hydrogens (tertiary/aromatic N) is 2. The summed E-state index contributed by atoms with van der Waals surface area (Å²) in [6, 6.07) is 18.9. The van der Waals surface area contributed by atoms with Crippen molar-refractivity contribution in [3.63, 3.8) is 0 Å². The molecule has 1 amide bonds. The highest BCUT2D eigenvalue weighted by Gasteiger charge is 2.45. The fourth-order valence-corrected chi connectivity index (χ4v) is 7.69. The smallest absolute Gasteiger partial charge is 0.264 e. The summed E-state index contributed by atoms with van der Waals surface area (Å²) in [6.07, 6.45) is 11.6. The number of unbranched alkanes of at least 4 members (excludes halogenated alkanes) is 1. The van der Waals surface area contributed by atoms with Gasteiger partial charge >= 0.3 is 0 Å². The van der Waals surface area contributed by atoms with Gasteiger partial charge in [-0.2, -0.15) is 13.0 Å². The van der Waals surface area contributed by atoms with E-state index in [-0.39, 0.29) is 27.8 Å². The third-order valence-corrected chi connectivity index (χ3v) is 10.4. The molecule has 0 spiro atoms. The molecule has 0 radical (unpaired) electrons. The van der Waals surface area contributed by atoms with E-state index in [4.69, 9.17) is 0 Å². The zero-order chi connectivity index (χ0) is 33.3. The van der Waals surface area contributed by atoms with E-state index >= 15 is 0 Å². The third kappa shape index (κ3) is 6.64. The van der Waals surface area contributed by atoms with Crippen molar-refractivity contribution in [1.82, 2.24) is 0 Å². The Morgan fingerprint density at radius 3 is 2.48 bits per heavy atom. The van der Waals surface area contributed by atoms with Gasteiger partial charge in [-0.05, 0) is 73.9 Å². The summed E-state index contributed by atoms with van der Waals surface area (Å²) in [5, 5.41) is 5.61. The summed E-state index contributed by atoms with van der Waals surface area (Å²) < 4.78 is 34.2. The van der Waals surface area contributed by atoms with Gasteiger partial charge in [-0.15, -0.1) is 0 Å². The van der Waals surface area contributed by atoms with E-state index in [1.165, 1.54) is 27.6 Å². The highest BCUT2D eigenvalue weighted by molar-refractivity contribution is 9.09. The van der Waals surface area contributed by atoms with Crippen molar-refractivity contribution in [2.75, 3.05) is 34.4 Å². The summed E-state index contributed by atoms with van der Waals surface area (Å²) in [6.45, 7) is 12.5. The zero-order valence-electron chi connectivity index (χ0n) is 27.2. The van der Waals surface area contributed by atoms with Gasteiger partial charge in [0.1, 0.15) is 6.54 Å². The predicted molar refractivity (Wildman–Crippen MR) is 194 cm³/mol. The zero-order valence-corrected chi connectivity index (χ0v) is 29.6. The molecular formula is C37H43BrN3O4S+. The molecule has 0 saturated carbocycles. The number of hydrogen-bond donors (Lipinski definition) is 2. The standard InChI is InChI=1S/C37H42BrN3O4S/c1-6-40-30-21-19-27(39-34(42)25-38)24-29(30)36(2,3)32(40)16-8-7-9-17-33-37(4,5)35-28-15-11-10-14-26(28)18-20-31(35)41(33)22-12-13-23-46(43,44)45/h7-11,14-21,24H,6,12-13,22-23,25H2,1-5H3,(H-,39,42,43,44,45)/p+1. The second-order valence-corrected chi connectivity index (χ2v) is 15.0. The summed E-state index contributed by atoms with van der Waals surface area (Å²) in [7, 11) is -3.99. The van der Waals surface area contributed by atoms with Crippen LogP contribution in [0.3, 0.4) is 0 Å². The van der Waals surface area contributed by atoms with E-state index in [0.29, 0.717) is 19.4 Å². The fourth-order valence-electron chi connectivity index (χ4n) is 6.98. The van der Waals surface area contributed by atoms with Crippen molar-refractivity contribution < 1.29 is 22.3 Å². The van der Waals surface area contributed by atoms with E-state index in [2.05, 4.69) is 144 Å². The summed E-state index contributed by atoms with van der Waals surface area (Å²) >= 11 is 3.22. The number of allylic oxidation sites excluding steroid dienone is 6. The lowest BCUT2D eigenvalue weighted by molar-refractivity contribution is -0.438. The lowest BCUT2D eigenvalue weighted by Gasteiger charge is -2.25. The summed E-state index contributed by atoms with van der Waals surface area (Å²) in [4.78, 5) is 14.3. The number of carbonyl (C=O) groups excluding carboxylic acids is 1. The van der Waals surface area contributed by atoms with Gasteiger partial charge in [-0.25, -0.2) is 0 Å². The number of benzene rings is 3. The van der Waals surface area contributed by atoms with Crippen molar-refractivity contribution in [2.45, 2.75) is 58.3 Å². The molecule has 2 heterocycles. The second-order valence-electron chi connectivity index (χ2n) is 12.9. The Kier molecular flexibility index (Phi) is 9.78. The topological polar surface area (TPSA) is 89.7 Å². The molecule has 9 heteroatoms. The molecule has 0 atom stereocenters. The molecule has 3 aromatic rings. The van der Waals surface area contributed by atoms with Crippen molar-refractivity contribution in [3.05, 3.63) is 102 Å². The molecular weight excluding hydrogens is 662 g/mol. The Hall–Kier alpha value is -3.53. The quantitative estimate of drug-likeness (QED) is 0.0694.